The first-order valence-electron chi connectivity index (χ1n) is 6.55. The summed E-state index contributed by atoms with van der Waals surface area (Å²) in [6, 6.07) is 10.6. The first-order chi connectivity index (χ1) is 9.24. The second-order valence-corrected chi connectivity index (χ2v) is 4.51. The van der Waals surface area contributed by atoms with E-state index in [1.165, 1.54) is 0 Å². The average Bonchev–Trinajstić information content (AvgIpc) is 2.44. The second kappa shape index (κ2) is 6.34. The van der Waals surface area contributed by atoms with E-state index in [0.29, 0.717) is 17.6 Å². The molecule has 0 unspecified atom stereocenters. The number of fused-ring (bicyclic) bond motifs is 1. The summed E-state index contributed by atoms with van der Waals surface area (Å²) in [5, 5.41) is 11.2. The molecule has 3 nitrogen and oxygen atoms in total. The first-order valence-corrected chi connectivity index (χ1v) is 6.55. The highest BCUT2D eigenvalue weighted by Crippen LogP contribution is 2.27. The maximum Gasteiger partial charge on any atom is 0.189 e. The lowest BCUT2D eigenvalue weighted by molar-refractivity contribution is 0.0756. The molecule has 0 aliphatic carbocycles. The summed E-state index contributed by atoms with van der Waals surface area (Å²) >= 11 is 0. The van der Waals surface area contributed by atoms with Gasteiger partial charge in [-0.2, -0.15) is 0 Å². The Balaban J connectivity index is 2.20. The molecule has 0 aromatic heterocycles. The van der Waals surface area contributed by atoms with Crippen molar-refractivity contribution >= 4 is 16.6 Å². The molecule has 0 radical (unpaired) electrons. The molecule has 0 saturated heterocycles. The Kier molecular flexibility index (Phi) is 4.53. The van der Waals surface area contributed by atoms with Crippen LogP contribution in [0.2, 0.25) is 0 Å². The maximum absolute atomic E-state index is 12.1. The van der Waals surface area contributed by atoms with Gasteiger partial charge in [0.25, 0.3) is 0 Å². The highest BCUT2D eigenvalue weighted by Gasteiger charge is 2.11. The summed E-state index contributed by atoms with van der Waals surface area (Å²) in [7, 11) is 0. The van der Waals surface area contributed by atoms with Gasteiger partial charge in [-0.15, -0.1) is 0 Å². The van der Waals surface area contributed by atoms with E-state index in [1.54, 1.807) is 18.2 Å². The Labute approximate surface area is 112 Å². The number of hydrogen-bond acceptors (Lipinski definition) is 3. The van der Waals surface area contributed by atoms with Gasteiger partial charge >= 0.3 is 0 Å². The number of Topliss-reactive ketones (excluding diaryl/α,β-unsaturated/α-hetero) is 1. The van der Waals surface area contributed by atoms with Gasteiger partial charge in [0.15, 0.2) is 5.78 Å². The van der Waals surface area contributed by atoms with Gasteiger partial charge in [-0.3, -0.25) is 4.79 Å². The van der Waals surface area contributed by atoms with Crippen LogP contribution in [0.3, 0.4) is 0 Å². The largest absolute Gasteiger partial charge is 0.507 e. The zero-order valence-electron chi connectivity index (χ0n) is 11.1. The van der Waals surface area contributed by atoms with Crippen LogP contribution >= 0.6 is 0 Å². The Bertz CT molecular complexity index is 575. The Morgan fingerprint density at radius 1 is 1.16 bits per heavy atom. The summed E-state index contributed by atoms with van der Waals surface area (Å²) in [4.78, 5) is 12.1. The van der Waals surface area contributed by atoms with Crippen molar-refractivity contribution in [1.29, 1.82) is 0 Å². The van der Waals surface area contributed by atoms with Gasteiger partial charge in [0.05, 0.1) is 0 Å². The van der Waals surface area contributed by atoms with Crippen molar-refractivity contribution in [2.75, 3.05) is 13.2 Å². The molecule has 2 rings (SSSR count). The first kappa shape index (κ1) is 13.6. The molecule has 0 saturated carbocycles. The fourth-order valence-corrected chi connectivity index (χ4v) is 2.02. The van der Waals surface area contributed by atoms with Crippen LogP contribution in [0.4, 0.5) is 0 Å². The molecule has 0 heterocycles. The topological polar surface area (TPSA) is 46.5 Å². The number of hydrogen-bond donors (Lipinski definition) is 1. The van der Waals surface area contributed by atoms with Crippen LogP contribution in [0.5, 0.6) is 5.75 Å². The van der Waals surface area contributed by atoms with E-state index in [2.05, 4.69) is 6.92 Å². The lowest BCUT2D eigenvalue weighted by atomic mass is 10.0. The van der Waals surface area contributed by atoms with Crippen LogP contribution in [0.15, 0.2) is 36.4 Å². The second-order valence-electron chi connectivity index (χ2n) is 4.51. The molecular formula is C16H18O3. The summed E-state index contributed by atoms with van der Waals surface area (Å²) in [5.74, 6) is 0.145. The van der Waals surface area contributed by atoms with Gasteiger partial charge < -0.3 is 9.84 Å². The molecular weight excluding hydrogens is 240 g/mol. The number of ether oxygens (including phenoxy) is 1. The molecule has 0 atom stereocenters. The predicted octanol–water partition coefficient (Wildman–Crippen LogP) is 3.54. The molecule has 100 valence electrons. The lowest BCUT2D eigenvalue weighted by Crippen LogP contribution is -2.10. The van der Waals surface area contributed by atoms with Gasteiger partial charge in [0.2, 0.25) is 0 Å². The third-order valence-corrected chi connectivity index (χ3v) is 3.08. The van der Waals surface area contributed by atoms with Crippen LogP contribution in [0.25, 0.3) is 10.8 Å². The zero-order chi connectivity index (χ0) is 13.7. The smallest absolute Gasteiger partial charge is 0.189 e. The standard InChI is InChI=1S/C16H18O3/c1-2-3-10-19-11-16(18)14-8-9-15(17)13-7-5-4-6-12(13)14/h4-9,17H,2-3,10-11H2,1H3. The minimum Gasteiger partial charge on any atom is -0.507 e. The van der Waals surface area contributed by atoms with Crippen molar-refractivity contribution in [3.8, 4) is 5.75 Å². The van der Waals surface area contributed by atoms with Crippen LogP contribution in [0.1, 0.15) is 30.1 Å². The molecule has 3 heteroatoms. The summed E-state index contributed by atoms with van der Waals surface area (Å²) < 4.78 is 5.36. The number of rotatable bonds is 6. The fourth-order valence-electron chi connectivity index (χ4n) is 2.02. The third kappa shape index (κ3) is 3.12. The van der Waals surface area contributed by atoms with Gasteiger partial charge in [-0.1, -0.05) is 37.6 Å². The van der Waals surface area contributed by atoms with Crippen molar-refractivity contribution in [3.05, 3.63) is 42.0 Å². The highest BCUT2D eigenvalue weighted by atomic mass is 16.5. The van der Waals surface area contributed by atoms with E-state index in [9.17, 15) is 9.90 Å². The van der Waals surface area contributed by atoms with Crippen LogP contribution in [0, 0.1) is 0 Å². The number of aromatic hydroxyl groups is 1. The van der Waals surface area contributed by atoms with Gasteiger partial charge in [-0.05, 0) is 23.9 Å². The van der Waals surface area contributed by atoms with Crippen LogP contribution in [-0.4, -0.2) is 24.1 Å². The molecule has 0 spiro atoms. The number of ketones is 1. The Hall–Kier alpha value is -1.87. The normalized spacial score (nSPS) is 10.8. The van der Waals surface area contributed by atoms with E-state index in [4.69, 9.17) is 4.74 Å². The van der Waals surface area contributed by atoms with E-state index in [-0.39, 0.29) is 18.1 Å². The van der Waals surface area contributed by atoms with Gasteiger partial charge in [0, 0.05) is 17.6 Å². The molecule has 0 bridgehead atoms. The SMILES string of the molecule is CCCCOCC(=O)c1ccc(O)c2ccccc12. The number of benzene rings is 2. The lowest BCUT2D eigenvalue weighted by Gasteiger charge is -2.08. The zero-order valence-corrected chi connectivity index (χ0v) is 11.1. The maximum atomic E-state index is 12.1. The van der Waals surface area contributed by atoms with Crippen LogP contribution < -0.4 is 0 Å². The molecule has 0 amide bonds. The number of carbonyl (C=O) groups is 1. The van der Waals surface area contributed by atoms with E-state index < -0.39 is 0 Å². The van der Waals surface area contributed by atoms with Gasteiger partial charge in [-0.25, -0.2) is 0 Å². The molecule has 0 fully saturated rings. The van der Waals surface area contributed by atoms with Crippen molar-refractivity contribution in [3.63, 3.8) is 0 Å². The monoisotopic (exact) mass is 258 g/mol. The van der Waals surface area contributed by atoms with Crippen LogP contribution in [-0.2, 0) is 4.74 Å². The minimum atomic E-state index is -0.0488. The summed E-state index contributed by atoms with van der Waals surface area (Å²) in [5.41, 5.74) is 0.602. The van der Waals surface area contributed by atoms with Crippen molar-refractivity contribution in [2.45, 2.75) is 19.8 Å². The minimum absolute atomic E-state index is 0.0488. The third-order valence-electron chi connectivity index (χ3n) is 3.08. The molecule has 0 aliphatic heterocycles. The van der Waals surface area contributed by atoms with Crippen molar-refractivity contribution in [2.24, 2.45) is 0 Å². The molecule has 2 aromatic carbocycles. The van der Waals surface area contributed by atoms with Crippen molar-refractivity contribution < 1.29 is 14.6 Å². The number of phenolic OH excluding ortho intramolecular Hbond substituents is 1. The van der Waals surface area contributed by atoms with E-state index >= 15 is 0 Å². The highest BCUT2D eigenvalue weighted by molar-refractivity contribution is 6.10. The summed E-state index contributed by atoms with van der Waals surface area (Å²) in [6.07, 6.45) is 2.01. The van der Waals surface area contributed by atoms with E-state index in [0.717, 1.165) is 18.2 Å². The average molecular weight is 258 g/mol. The molecule has 2 aromatic rings. The summed E-state index contributed by atoms with van der Waals surface area (Å²) in [6.45, 7) is 2.78. The number of phenols is 1. The predicted molar refractivity (Wildman–Crippen MR) is 75.7 cm³/mol. The van der Waals surface area contributed by atoms with Gasteiger partial charge in [0.1, 0.15) is 12.4 Å². The molecule has 0 aliphatic rings. The van der Waals surface area contributed by atoms with E-state index in [1.807, 2.05) is 18.2 Å². The Morgan fingerprint density at radius 2 is 1.89 bits per heavy atom. The molecule has 19 heavy (non-hydrogen) atoms. The number of carbonyl (C=O) groups excluding carboxylic acids is 1. The Morgan fingerprint density at radius 3 is 2.63 bits per heavy atom. The fraction of sp³-hybridized carbons (Fsp3) is 0.312. The number of unbranched alkanes of at least 4 members (excludes halogenated alkanes) is 1. The quantitative estimate of drug-likeness (QED) is 0.636. The van der Waals surface area contributed by atoms with Crippen molar-refractivity contribution in [1.82, 2.24) is 0 Å². The molecule has 1 N–H and O–H groups in total.